The van der Waals surface area contributed by atoms with Crippen molar-refractivity contribution in [2.45, 2.75) is 38.1 Å². The van der Waals surface area contributed by atoms with E-state index in [1.165, 1.54) is 6.92 Å². The lowest BCUT2D eigenvalue weighted by Gasteiger charge is -2.16. The van der Waals surface area contributed by atoms with Crippen LogP contribution in [0.15, 0.2) is 0 Å². The van der Waals surface area contributed by atoms with Gasteiger partial charge >= 0.3 is 6.18 Å². The van der Waals surface area contributed by atoms with E-state index in [9.17, 15) is 18.0 Å². The lowest BCUT2D eigenvalue weighted by atomic mass is 10.2. The van der Waals surface area contributed by atoms with E-state index in [-0.39, 0.29) is 6.10 Å². The number of hydrogen-bond acceptors (Lipinski definition) is 3. The smallest absolute Gasteiger partial charge is 0.376 e. The highest BCUT2D eigenvalue weighted by Crippen LogP contribution is 2.15. The summed E-state index contributed by atoms with van der Waals surface area (Å²) in [6, 6.07) is 0. The standard InChI is InChI=1S/C10H16F3NO3/c1-7(17-6-10(11,12)13)9(15)14-5-8-3-2-4-16-8/h7-8H,2-6H2,1H3,(H,14,15). The van der Waals surface area contributed by atoms with Crippen molar-refractivity contribution >= 4 is 5.91 Å². The normalized spacial score (nSPS) is 22.5. The molecule has 2 atom stereocenters. The molecule has 1 aliphatic heterocycles. The van der Waals surface area contributed by atoms with Crippen LogP contribution in [0.25, 0.3) is 0 Å². The monoisotopic (exact) mass is 255 g/mol. The maximum absolute atomic E-state index is 11.8. The molecule has 17 heavy (non-hydrogen) atoms. The average Bonchev–Trinajstić information content (AvgIpc) is 2.74. The molecule has 2 unspecified atom stereocenters. The minimum Gasteiger partial charge on any atom is -0.376 e. The Labute approximate surface area is 97.5 Å². The van der Waals surface area contributed by atoms with Crippen molar-refractivity contribution in [2.24, 2.45) is 0 Å². The molecular formula is C10H16F3NO3. The highest BCUT2D eigenvalue weighted by atomic mass is 19.4. The van der Waals surface area contributed by atoms with Crippen LogP contribution in [-0.2, 0) is 14.3 Å². The molecule has 0 aliphatic carbocycles. The van der Waals surface area contributed by atoms with E-state index in [4.69, 9.17) is 4.74 Å². The van der Waals surface area contributed by atoms with Gasteiger partial charge in [0.2, 0.25) is 5.91 Å². The van der Waals surface area contributed by atoms with Gasteiger partial charge in [0.1, 0.15) is 12.7 Å². The summed E-state index contributed by atoms with van der Waals surface area (Å²) in [4.78, 5) is 11.4. The van der Waals surface area contributed by atoms with Gasteiger partial charge in [-0.2, -0.15) is 13.2 Å². The van der Waals surface area contributed by atoms with Crippen molar-refractivity contribution in [3.63, 3.8) is 0 Å². The summed E-state index contributed by atoms with van der Waals surface area (Å²) in [6.07, 6.45) is -3.76. The topological polar surface area (TPSA) is 47.6 Å². The van der Waals surface area contributed by atoms with E-state index in [1.54, 1.807) is 0 Å². The van der Waals surface area contributed by atoms with Crippen molar-refractivity contribution in [2.75, 3.05) is 19.8 Å². The Kier molecular flexibility index (Phi) is 5.20. The maximum atomic E-state index is 11.8. The number of halogens is 3. The fraction of sp³-hybridized carbons (Fsp3) is 0.900. The van der Waals surface area contributed by atoms with Crippen molar-refractivity contribution in [3.8, 4) is 0 Å². The zero-order valence-corrected chi connectivity index (χ0v) is 9.55. The van der Waals surface area contributed by atoms with Gasteiger partial charge in [0.15, 0.2) is 0 Å². The van der Waals surface area contributed by atoms with Crippen molar-refractivity contribution in [1.82, 2.24) is 5.32 Å². The van der Waals surface area contributed by atoms with Gasteiger partial charge in [0, 0.05) is 13.2 Å². The second kappa shape index (κ2) is 6.20. The Morgan fingerprint density at radius 3 is 2.82 bits per heavy atom. The molecule has 1 aliphatic rings. The van der Waals surface area contributed by atoms with Gasteiger partial charge in [-0.1, -0.05) is 0 Å². The minimum atomic E-state index is -4.41. The Hall–Kier alpha value is -0.820. The van der Waals surface area contributed by atoms with Gasteiger partial charge in [0.25, 0.3) is 0 Å². The van der Waals surface area contributed by atoms with Crippen molar-refractivity contribution in [3.05, 3.63) is 0 Å². The van der Waals surface area contributed by atoms with Crippen LogP contribution in [0.2, 0.25) is 0 Å². The summed E-state index contributed by atoms with van der Waals surface area (Å²) in [7, 11) is 0. The lowest BCUT2D eigenvalue weighted by molar-refractivity contribution is -0.185. The molecule has 7 heteroatoms. The third-order valence-electron chi connectivity index (χ3n) is 2.39. The minimum absolute atomic E-state index is 0.0335. The molecule has 1 fully saturated rings. The van der Waals surface area contributed by atoms with E-state index < -0.39 is 24.8 Å². The first kappa shape index (κ1) is 14.2. The number of ether oxygens (including phenoxy) is 2. The van der Waals surface area contributed by atoms with Crippen LogP contribution in [0.1, 0.15) is 19.8 Å². The summed E-state index contributed by atoms with van der Waals surface area (Å²) >= 11 is 0. The Morgan fingerprint density at radius 1 is 1.59 bits per heavy atom. The van der Waals surface area contributed by atoms with Gasteiger partial charge in [-0.25, -0.2) is 0 Å². The Balaban J connectivity index is 2.17. The molecule has 1 amide bonds. The second-order valence-corrected chi connectivity index (χ2v) is 3.95. The molecule has 1 rings (SSSR count). The molecule has 0 radical (unpaired) electrons. The number of carbonyl (C=O) groups is 1. The molecule has 1 saturated heterocycles. The molecule has 0 aromatic rings. The maximum Gasteiger partial charge on any atom is 0.411 e. The molecule has 0 aromatic heterocycles. The zero-order valence-electron chi connectivity index (χ0n) is 9.55. The van der Waals surface area contributed by atoms with Crippen LogP contribution in [0, 0.1) is 0 Å². The summed E-state index contributed by atoms with van der Waals surface area (Å²) in [5.41, 5.74) is 0. The van der Waals surface area contributed by atoms with Crippen LogP contribution >= 0.6 is 0 Å². The van der Waals surface area contributed by atoms with E-state index in [0.717, 1.165) is 12.8 Å². The molecule has 0 saturated carbocycles. The van der Waals surface area contributed by atoms with E-state index in [1.807, 2.05) is 0 Å². The summed E-state index contributed by atoms with van der Waals surface area (Å²) in [5.74, 6) is -0.551. The number of amides is 1. The Morgan fingerprint density at radius 2 is 2.29 bits per heavy atom. The molecule has 100 valence electrons. The predicted molar refractivity (Wildman–Crippen MR) is 53.5 cm³/mol. The highest BCUT2D eigenvalue weighted by Gasteiger charge is 2.30. The van der Waals surface area contributed by atoms with Crippen LogP contribution in [0.5, 0.6) is 0 Å². The highest BCUT2D eigenvalue weighted by molar-refractivity contribution is 5.80. The number of carbonyl (C=O) groups excluding carboxylic acids is 1. The average molecular weight is 255 g/mol. The number of nitrogens with one attached hydrogen (secondary N) is 1. The lowest BCUT2D eigenvalue weighted by Crippen LogP contribution is -2.40. The molecular weight excluding hydrogens is 239 g/mol. The first-order valence-electron chi connectivity index (χ1n) is 5.46. The second-order valence-electron chi connectivity index (χ2n) is 3.95. The first-order valence-corrected chi connectivity index (χ1v) is 5.46. The van der Waals surface area contributed by atoms with Gasteiger partial charge in [-0.05, 0) is 19.8 Å². The summed E-state index contributed by atoms with van der Waals surface area (Å²) in [5, 5.41) is 2.50. The van der Waals surface area contributed by atoms with Gasteiger partial charge in [0.05, 0.1) is 6.10 Å². The van der Waals surface area contributed by atoms with Crippen LogP contribution in [0.4, 0.5) is 13.2 Å². The molecule has 1 heterocycles. The van der Waals surface area contributed by atoms with Gasteiger partial charge in [-0.3, -0.25) is 4.79 Å². The molecule has 4 nitrogen and oxygen atoms in total. The zero-order chi connectivity index (χ0) is 12.9. The van der Waals surface area contributed by atoms with Crippen molar-refractivity contribution in [1.29, 1.82) is 0 Å². The fourth-order valence-corrected chi connectivity index (χ4v) is 1.46. The van der Waals surface area contributed by atoms with Crippen LogP contribution in [-0.4, -0.2) is 44.0 Å². The fourth-order valence-electron chi connectivity index (χ4n) is 1.46. The van der Waals surface area contributed by atoms with E-state index in [0.29, 0.717) is 13.2 Å². The molecule has 0 aromatic carbocycles. The first-order chi connectivity index (χ1) is 7.88. The number of alkyl halides is 3. The van der Waals surface area contributed by atoms with Gasteiger partial charge in [-0.15, -0.1) is 0 Å². The molecule has 1 N–H and O–H groups in total. The third-order valence-corrected chi connectivity index (χ3v) is 2.39. The number of rotatable bonds is 5. The summed E-state index contributed by atoms with van der Waals surface area (Å²) < 4.78 is 45.2. The van der Waals surface area contributed by atoms with E-state index in [2.05, 4.69) is 10.1 Å². The van der Waals surface area contributed by atoms with Crippen LogP contribution in [0.3, 0.4) is 0 Å². The molecule has 0 bridgehead atoms. The number of hydrogen-bond donors (Lipinski definition) is 1. The van der Waals surface area contributed by atoms with Crippen LogP contribution < -0.4 is 5.32 Å². The predicted octanol–water partition coefficient (Wildman–Crippen LogP) is 1.25. The summed E-state index contributed by atoms with van der Waals surface area (Å²) in [6.45, 7) is 0.858. The Bertz CT molecular complexity index is 252. The van der Waals surface area contributed by atoms with Gasteiger partial charge < -0.3 is 14.8 Å². The third kappa shape index (κ3) is 5.88. The molecule has 0 spiro atoms. The SMILES string of the molecule is CC(OCC(F)(F)F)C(=O)NCC1CCCO1. The van der Waals surface area contributed by atoms with E-state index >= 15 is 0 Å². The largest absolute Gasteiger partial charge is 0.411 e. The quantitative estimate of drug-likeness (QED) is 0.804. The van der Waals surface area contributed by atoms with Crippen molar-refractivity contribution < 1.29 is 27.4 Å².